The number of amides is 1. The third kappa shape index (κ3) is 4.80. The van der Waals surface area contributed by atoms with Crippen molar-refractivity contribution in [3.05, 3.63) is 59.0 Å². The Balaban J connectivity index is 1.82. The van der Waals surface area contributed by atoms with Crippen LogP contribution >= 0.6 is 11.8 Å². The first-order valence-electron chi connectivity index (χ1n) is 8.95. The Morgan fingerprint density at radius 3 is 2.41 bits per heavy atom. The minimum absolute atomic E-state index is 0.243. The van der Waals surface area contributed by atoms with Gasteiger partial charge in [-0.1, -0.05) is 25.1 Å². The molecular weight excluding hydrogens is 394 g/mol. The standard InChI is InChI=1S/C20H21N3O5S/c1-4-17(18(24)21-13-10-15(26-2)12-16(11-13)27-3)29-19-20(25)28-22-23(19)14-8-6-5-7-9-14/h5-12,17H,4H2,1-3H3,(H-,21,22,24,25)/p+1. The molecule has 1 heterocycles. The van der Waals surface area contributed by atoms with Crippen LogP contribution in [0.3, 0.4) is 0 Å². The molecular formula is C20H22N3O5S+. The Hall–Kier alpha value is -3.20. The Morgan fingerprint density at radius 1 is 1.17 bits per heavy atom. The van der Waals surface area contributed by atoms with Crippen molar-refractivity contribution in [2.75, 3.05) is 19.5 Å². The van der Waals surface area contributed by atoms with Crippen molar-refractivity contribution in [3.8, 4) is 17.2 Å². The number of hydrogen-bond donors (Lipinski definition) is 2. The van der Waals surface area contributed by atoms with E-state index < -0.39 is 10.9 Å². The summed E-state index contributed by atoms with van der Waals surface area (Å²) in [5.74, 6) is 0.884. The molecule has 0 saturated heterocycles. The Morgan fingerprint density at radius 2 is 1.83 bits per heavy atom. The number of nitrogens with zero attached hydrogens (tertiary/aromatic N) is 1. The van der Waals surface area contributed by atoms with Crippen molar-refractivity contribution in [1.82, 2.24) is 5.27 Å². The fourth-order valence-electron chi connectivity index (χ4n) is 2.67. The molecule has 9 heteroatoms. The number of rotatable bonds is 8. The molecule has 0 fully saturated rings. The zero-order valence-electron chi connectivity index (χ0n) is 16.3. The molecule has 3 rings (SSSR count). The van der Waals surface area contributed by atoms with Gasteiger partial charge in [0.1, 0.15) is 11.5 Å². The Labute approximate surface area is 171 Å². The second kappa shape index (κ2) is 9.33. The first kappa shape index (κ1) is 20.5. The SMILES string of the molecule is CCC(Sc1c(=O)o[nH][n+]1-c1ccccc1)C(=O)Nc1cc(OC)cc(OC)c1. The summed E-state index contributed by atoms with van der Waals surface area (Å²) in [6.07, 6.45) is 0.511. The van der Waals surface area contributed by atoms with Gasteiger partial charge in [0.2, 0.25) is 11.6 Å². The lowest BCUT2D eigenvalue weighted by Crippen LogP contribution is -2.37. The molecule has 0 radical (unpaired) electrons. The molecule has 2 aromatic carbocycles. The maximum Gasteiger partial charge on any atom is 0.442 e. The maximum absolute atomic E-state index is 12.9. The number of benzene rings is 2. The second-order valence-electron chi connectivity index (χ2n) is 6.06. The number of para-hydroxylation sites is 1. The summed E-state index contributed by atoms with van der Waals surface area (Å²) in [6.45, 7) is 1.88. The second-order valence-corrected chi connectivity index (χ2v) is 7.25. The number of anilines is 1. The lowest BCUT2D eigenvalue weighted by molar-refractivity contribution is -0.704. The van der Waals surface area contributed by atoms with Crippen molar-refractivity contribution in [1.29, 1.82) is 0 Å². The van der Waals surface area contributed by atoms with Crippen LogP contribution in [0.15, 0.2) is 62.9 Å². The summed E-state index contributed by atoms with van der Waals surface area (Å²) < 4.78 is 16.9. The van der Waals surface area contributed by atoms with Crippen molar-refractivity contribution < 1.29 is 23.5 Å². The molecule has 0 bridgehead atoms. The molecule has 1 aromatic heterocycles. The van der Waals surface area contributed by atoms with Crippen LogP contribution in [0.2, 0.25) is 0 Å². The molecule has 0 aliphatic carbocycles. The van der Waals surface area contributed by atoms with Crippen molar-refractivity contribution in [3.63, 3.8) is 0 Å². The quantitative estimate of drug-likeness (QED) is 0.433. The first-order chi connectivity index (χ1) is 14.0. The van der Waals surface area contributed by atoms with Gasteiger partial charge >= 0.3 is 10.7 Å². The molecule has 29 heavy (non-hydrogen) atoms. The molecule has 8 nitrogen and oxygen atoms in total. The summed E-state index contributed by atoms with van der Waals surface area (Å²) in [5, 5.41) is 5.22. The van der Waals surface area contributed by atoms with Gasteiger partial charge in [0.05, 0.1) is 19.5 Å². The smallest absolute Gasteiger partial charge is 0.442 e. The van der Waals surface area contributed by atoms with Gasteiger partial charge in [-0.05, 0) is 28.1 Å². The third-order valence-electron chi connectivity index (χ3n) is 4.16. The highest BCUT2D eigenvalue weighted by Crippen LogP contribution is 2.27. The molecule has 1 atom stereocenters. The van der Waals surface area contributed by atoms with Crippen LogP contribution in [-0.4, -0.2) is 30.6 Å². The lowest BCUT2D eigenvalue weighted by Gasteiger charge is -2.14. The van der Waals surface area contributed by atoms with Gasteiger partial charge in [-0.15, -0.1) is 0 Å². The number of H-pyrrole nitrogens is 1. The number of nitrogens with one attached hydrogen (secondary N) is 2. The number of hydrogen-bond acceptors (Lipinski definition) is 6. The fraction of sp³-hybridized carbons (Fsp3) is 0.250. The van der Waals surface area contributed by atoms with Crippen LogP contribution in [0.4, 0.5) is 5.69 Å². The Bertz CT molecular complexity index is 1010. The predicted octanol–water partition coefficient (Wildman–Crippen LogP) is 2.77. The largest absolute Gasteiger partial charge is 0.497 e. The summed E-state index contributed by atoms with van der Waals surface area (Å²) in [6, 6.07) is 14.4. The number of ether oxygens (including phenoxy) is 2. The van der Waals surface area contributed by atoms with E-state index in [-0.39, 0.29) is 5.91 Å². The van der Waals surface area contributed by atoms with Gasteiger partial charge in [0, 0.05) is 36.0 Å². The van der Waals surface area contributed by atoms with Crippen molar-refractivity contribution >= 4 is 23.4 Å². The van der Waals surface area contributed by atoms with Gasteiger partial charge < -0.3 is 14.8 Å². The average molecular weight is 416 g/mol. The van der Waals surface area contributed by atoms with Crippen LogP contribution in [0.5, 0.6) is 11.5 Å². The summed E-state index contributed by atoms with van der Waals surface area (Å²) in [7, 11) is 3.08. The molecule has 3 aromatic rings. The minimum atomic E-state index is -0.534. The predicted molar refractivity (Wildman–Crippen MR) is 109 cm³/mol. The number of methoxy groups -OCH3 is 2. The van der Waals surface area contributed by atoms with E-state index in [1.165, 1.54) is 4.68 Å². The third-order valence-corrected chi connectivity index (χ3v) is 5.56. The number of thioether (sulfide) groups is 1. The molecule has 0 spiro atoms. The van der Waals surface area contributed by atoms with Crippen molar-refractivity contribution in [2.45, 2.75) is 23.6 Å². The molecule has 1 amide bonds. The van der Waals surface area contributed by atoms with Crippen molar-refractivity contribution in [2.24, 2.45) is 0 Å². The number of aromatic nitrogens is 2. The maximum atomic E-state index is 12.9. The van der Waals surface area contributed by atoms with Crippen LogP contribution in [0.25, 0.3) is 5.69 Å². The highest BCUT2D eigenvalue weighted by molar-refractivity contribution is 8.00. The lowest BCUT2D eigenvalue weighted by atomic mass is 10.2. The Kier molecular flexibility index (Phi) is 6.61. The van der Waals surface area contributed by atoms with Crippen LogP contribution in [-0.2, 0) is 4.79 Å². The van der Waals surface area contributed by atoms with E-state index in [4.69, 9.17) is 14.0 Å². The van der Waals surface area contributed by atoms with Gasteiger partial charge in [-0.3, -0.25) is 9.32 Å². The molecule has 0 aliphatic rings. The monoisotopic (exact) mass is 416 g/mol. The summed E-state index contributed by atoms with van der Waals surface area (Å²) in [5.41, 5.74) is 0.740. The summed E-state index contributed by atoms with van der Waals surface area (Å²) in [4.78, 5) is 25.1. The van der Waals surface area contributed by atoms with E-state index in [9.17, 15) is 9.59 Å². The van der Waals surface area contributed by atoms with Gasteiger partial charge in [-0.2, -0.15) is 0 Å². The van der Waals surface area contributed by atoms with E-state index >= 15 is 0 Å². The minimum Gasteiger partial charge on any atom is -0.497 e. The molecule has 2 N–H and O–H groups in total. The van der Waals surface area contributed by atoms with Crippen LogP contribution in [0, 0.1) is 0 Å². The molecule has 0 aliphatic heterocycles. The van der Waals surface area contributed by atoms with Gasteiger partial charge in [0.25, 0.3) is 0 Å². The molecule has 0 saturated carbocycles. The van der Waals surface area contributed by atoms with Gasteiger partial charge in [0.15, 0.2) is 0 Å². The van der Waals surface area contributed by atoms with Crippen LogP contribution in [0.1, 0.15) is 13.3 Å². The van der Waals surface area contributed by atoms with E-state index in [1.807, 2.05) is 37.3 Å². The van der Waals surface area contributed by atoms with E-state index in [0.29, 0.717) is 28.6 Å². The van der Waals surface area contributed by atoms with Gasteiger partial charge in [-0.25, -0.2) is 4.79 Å². The van der Waals surface area contributed by atoms with E-state index in [2.05, 4.69) is 10.6 Å². The number of carbonyl (C=O) groups is 1. The fourth-order valence-corrected chi connectivity index (χ4v) is 3.66. The highest BCUT2D eigenvalue weighted by atomic mass is 32.2. The molecule has 1 unspecified atom stereocenters. The first-order valence-corrected chi connectivity index (χ1v) is 9.83. The van der Waals surface area contributed by atoms with E-state index in [1.54, 1.807) is 32.4 Å². The zero-order chi connectivity index (χ0) is 20.8. The highest BCUT2D eigenvalue weighted by Gasteiger charge is 2.30. The topological polar surface area (TPSA) is 97.4 Å². The number of aromatic amines is 1. The zero-order valence-corrected chi connectivity index (χ0v) is 17.1. The normalized spacial score (nSPS) is 11.7. The molecule has 152 valence electrons. The summed E-state index contributed by atoms with van der Waals surface area (Å²) >= 11 is 1.14. The van der Waals surface area contributed by atoms with E-state index in [0.717, 1.165) is 17.4 Å². The number of carbonyl (C=O) groups excluding carboxylic acids is 1. The van der Waals surface area contributed by atoms with Crippen LogP contribution < -0.4 is 25.1 Å². The average Bonchev–Trinajstić information content (AvgIpc) is 3.12.